The maximum absolute atomic E-state index is 5.53. The molecule has 0 atom stereocenters. The Morgan fingerprint density at radius 2 is 1.79 bits per heavy atom. The molecule has 0 amide bonds. The standard InChI is InChI=1S/C13H12O/c1-10(2)14-13-9-5-7-11-6-3-4-8-12(11)13/h3-9H,1H2,2H3. The summed E-state index contributed by atoms with van der Waals surface area (Å²) in [5.74, 6) is 1.58. The second kappa shape index (κ2) is 3.54. The molecule has 0 bridgehead atoms. The molecule has 2 aromatic rings. The molecule has 2 rings (SSSR count). The van der Waals surface area contributed by atoms with Crippen molar-refractivity contribution < 1.29 is 4.74 Å². The third-order valence-electron chi connectivity index (χ3n) is 2.03. The summed E-state index contributed by atoms with van der Waals surface area (Å²) < 4.78 is 5.53. The van der Waals surface area contributed by atoms with E-state index in [1.54, 1.807) is 0 Å². The largest absolute Gasteiger partial charge is 0.462 e. The summed E-state index contributed by atoms with van der Waals surface area (Å²) in [6.07, 6.45) is 0. The maximum atomic E-state index is 5.53. The van der Waals surface area contributed by atoms with Gasteiger partial charge in [0.2, 0.25) is 0 Å². The van der Waals surface area contributed by atoms with E-state index in [0.29, 0.717) is 5.76 Å². The fourth-order valence-corrected chi connectivity index (χ4v) is 1.47. The number of benzene rings is 2. The van der Waals surface area contributed by atoms with Crippen LogP contribution in [0.5, 0.6) is 5.75 Å². The maximum Gasteiger partial charge on any atom is 0.134 e. The van der Waals surface area contributed by atoms with Crippen molar-refractivity contribution in [1.82, 2.24) is 0 Å². The molecule has 0 aliphatic heterocycles. The van der Waals surface area contributed by atoms with E-state index in [1.807, 2.05) is 37.3 Å². The van der Waals surface area contributed by atoms with Gasteiger partial charge in [0, 0.05) is 5.39 Å². The molecule has 0 aliphatic carbocycles. The SMILES string of the molecule is C=C(C)Oc1cccc2ccccc12. The smallest absolute Gasteiger partial charge is 0.134 e. The van der Waals surface area contributed by atoms with Gasteiger partial charge in [0.05, 0.1) is 5.76 Å². The van der Waals surface area contributed by atoms with Crippen LogP contribution in [0.3, 0.4) is 0 Å². The fraction of sp³-hybridized carbons (Fsp3) is 0.0769. The number of fused-ring (bicyclic) bond motifs is 1. The van der Waals surface area contributed by atoms with E-state index in [2.05, 4.69) is 18.7 Å². The minimum Gasteiger partial charge on any atom is -0.462 e. The third-order valence-corrected chi connectivity index (χ3v) is 2.03. The summed E-state index contributed by atoms with van der Waals surface area (Å²) in [6.45, 7) is 5.58. The second-order valence-corrected chi connectivity index (χ2v) is 3.28. The van der Waals surface area contributed by atoms with E-state index < -0.39 is 0 Å². The first-order valence-electron chi connectivity index (χ1n) is 4.58. The molecule has 0 heterocycles. The molecule has 0 radical (unpaired) electrons. The van der Waals surface area contributed by atoms with Crippen LogP contribution in [-0.2, 0) is 0 Å². The molecule has 1 heteroatoms. The summed E-state index contributed by atoms with van der Waals surface area (Å²) in [7, 11) is 0. The van der Waals surface area contributed by atoms with E-state index in [9.17, 15) is 0 Å². The Balaban J connectivity index is 2.59. The van der Waals surface area contributed by atoms with Crippen molar-refractivity contribution in [2.45, 2.75) is 6.92 Å². The van der Waals surface area contributed by atoms with Crippen LogP contribution in [0.25, 0.3) is 10.8 Å². The monoisotopic (exact) mass is 184 g/mol. The lowest BCUT2D eigenvalue weighted by Crippen LogP contribution is -1.89. The summed E-state index contributed by atoms with van der Waals surface area (Å²) >= 11 is 0. The van der Waals surface area contributed by atoms with E-state index in [-0.39, 0.29) is 0 Å². The van der Waals surface area contributed by atoms with Crippen LogP contribution in [0.15, 0.2) is 54.8 Å². The number of rotatable bonds is 2. The molecule has 0 unspecified atom stereocenters. The first kappa shape index (κ1) is 8.82. The first-order chi connectivity index (χ1) is 6.77. The summed E-state index contributed by atoms with van der Waals surface area (Å²) in [5, 5.41) is 2.31. The molecule has 14 heavy (non-hydrogen) atoms. The van der Waals surface area contributed by atoms with Crippen LogP contribution in [0.1, 0.15) is 6.92 Å². The number of ether oxygens (including phenoxy) is 1. The quantitative estimate of drug-likeness (QED) is 0.646. The predicted molar refractivity (Wildman–Crippen MR) is 59.4 cm³/mol. The molecule has 0 spiro atoms. The Bertz CT molecular complexity index is 466. The van der Waals surface area contributed by atoms with Gasteiger partial charge in [0.25, 0.3) is 0 Å². The molecule has 0 aromatic heterocycles. The Morgan fingerprint density at radius 3 is 2.57 bits per heavy atom. The van der Waals surface area contributed by atoms with Gasteiger partial charge < -0.3 is 4.74 Å². The first-order valence-corrected chi connectivity index (χ1v) is 4.58. The highest BCUT2D eigenvalue weighted by molar-refractivity contribution is 5.88. The minimum atomic E-state index is 0.710. The van der Waals surface area contributed by atoms with E-state index >= 15 is 0 Å². The number of allylic oxidation sites excluding steroid dienone is 1. The summed E-state index contributed by atoms with van der Waals surface area (Å²) in [4.78, 5) is 0. The predicted octanol–water partition coefficient (Wildman–Crippen LogP) is 3.75. The van der Waals surface area contributed by atoms with Crippen molar-refractivity contribution in [3.8, 4) is 5.75 Å². The lowest BCUT2D eigenvalue weighted by atomic mass is 10.1. The molecule has 1 nitrogen and oxygen atoms in total. The van der Waals surface area contributed by atoms with Crippen molar-refractivity contribution >= 4 is 10.8 Å². The van der Waals surface area contributed by atoms with Crippen LogP contribution in [0.2, 0.25) is 0 Å². The van der Waals surface area contributed by atoms with Crippen LogP contribution >= 0.6 is 0 Å². The van der Waals surface area contributed by atoms with Gasteiger partial charge in [-0.2, -0.15) is 0 Å². The Labute approximate surface area is 83.6 Å². The normalized spacial score (nSPS) is 10.1. The molecular weight excluding hydrogens is 172 g/mol. The van der Waals surface area contributed by atoms with Gasteiger partial charge in [0.1, 0.15) is 5.75 Å². The molecule has 0 saturated heterocycles. The molecular formula is C13H12O. The Hall–Kier alpha value is -1.76. The Morgan fingerprint density at radius 1 is 1.07 bits per heavy atom. The average molecular weight is 184 g/mol. The zero-order valence-corrected chi connectivity index (χ0v) is 8.16. The number of hydrogen-bond acceptors (Lipinski definition) is 1. The van der Waals surface area contributed by atoms with Crippen LogP contribution < -0.4 is 4.74 Å². The van der Waals surface area contributed by atoms with Gasteiger partial charge in [-0.3, -0.25) is 0 Å². The highest BCUT2D eigenvalue weighted by atomic mass is 16.5. The molecule has 0 fully saturated rings. The fourth-order valence-electron chi connectivity index (χ4n) is 1.47. The van der Waals surface area contributed by atoms with Gasteiger partial charge in [-0.15, -0.1) is 0 Å². The molecule has 0 aliphatic rings. The molecule has 2 aromatic carbocycles. The van der Waals surface area contributed by atoms with Crippen molar-refractivity contribution in [1.29, 1.82) is 0 Å². The zero-order valence-electron chi connectivity index (χ0n) is 8.16. The minimum absolute atomic E-state index is 0.710. The average Bonchev–Trinajstić information content (AvgIpc) is 2.18. The van der Waals surface area contributed by atoms with Crippen molar-refractivity contribution in [2.75, 3.05) is 0 Å². The molecule has 0 N–H and O–H groups in total. The highest BCUT2D eigenvalue weighted by Crippen LogP contribution is 2.26. The number of hydrogen-bond donors (Lipinski definition) is 0. The summed E-state index contributed by atoms with van der Waals surface area (Å²) in [5.41, 5.74) is 0. The van der Waals surface area contributed by atoms with E-state index in [0.717, 1.165) is 11.1 Å². The van der Waals surface area contributed by atoms with Gasteiger partial charge in [-0.05, 0) is 18.4 Å². The van der Waals surface area contributed by atoms with E-state index in [4.69, 9.17) is 4.74 Å². The van der Waals surface area contributed by atoms with Gasteiger partial charge in [-0.1, -0.05) is 43.0 Å². The highest BCUT2D eigenvalue weighted by Gasteiger charge is 2.00. The topological polar surface area (TPSA) is 9.23 Å². The van der Waals surface area contributed by atoms with Crippen molar-refractivity contribution in [2.24, 2.45) is 0 Å². The van der Waals surface area contributed by atoms with Gasteiger partial charge >= 0.3 is 0 Å². The third kappa shape index (κ3) is 1.62. The van der Waals surface area contributed by atoms with Crippen LogP contribution in [-0.4, -0.2) is 0 Å². The van der Waals surface area contributed by atoms with Gasteiger partial charge in [-0.25, -0.2) is 0 Å². The van der Waals surface area contributed by atoms with E-state index in [1.165, 1.54) is 5.39 Å². The van der Waals surface area contributed by atoms with Crippen molar-refractivity contribution in [3.63, 3.8) is 0 Å². The van der Waals surface area contributed by atoms with Crippen LogP contribution in [0.4, 0.5) is 0 Å². The lowest BCUT2D eigenvalue weighted by molar-refractivity contribution is 0.435. The molecule has 70 valence electrons. The van der Waals surface area contributed by atoms with Crippen molar-refractivity contribution in [3.05, 3.63) is 54.8 Å². The van der Waals surface area contributed by atoms with Gasteiger partial charge in [0.15, 0.2) is 0 Å². The van der Waals surface area contributed by atoms with Crippen LogP contribution in [0, 0.1) is 0 Å². The summed E-state index contributed by atoms with van der Waals surface area (Å²) in [6, 6.07) is 14.2. The molecule has 0 saturated carbocycles. The zero-order chi connectivity index (χ0) is 9.97. The Kier molecular flexibility index (Phi) is 2.23. The second-order valence-electron chi connectivity index (χ2n) is 3.28. The lowest BCUT2D eigenvalue weighted by Gasteiger charge is -2.07.